The predicted octanol–water partition coefficient (Wildman–Crippen LogP) is 4.56. The molecule has 0 aliphatic carbocycles. The number of carbonyl (C=O) groups is 2. The molecule has 7 nitrogen and oxygen atoms in total. The Hall–Kier alpha value is -4.33. The molecule has 3 aromatic carbocycles. The highest BCUT2D eigenvalue weighted by Gasteiger charge is 2.46. The Bertz CT molecular complexity index is 1300. The van der Waals surface area contributed by atoms with Crippen molar-refractivity contribution in [3.8, 4) is 17.2 Å². The summed E-state index contributed by atoms with van der Waals surface area (Å²) in [6.07, 6.45) is 0. The lowest BCUT2D eigenvalue weighted by Crippen LogP contribution is -2.29. The van der Waals surface area contributed by atoms with E-state index in [0.717, 1.165) is 12.1 Å². The molecule has 1 unspecified atom stereocenters. The van der Waals surface area contributed by atoms with Crippen molar-refractivity contribution in [2.45, 2.75) is 19.5 Å². The van der Waals surface area contributed by atoms with Crippen molar-refractivity contribution in [1.29, 1.82) is 0 Å². The van der Waals surface area contributed by atoms with Crippen LogP contribution in [-0.2, 0) is 16.1 Å². The summed E-state index contributed by atoms with van der Waals surface area (Å²) in [7, 11) is 1.51. The molecule has 1 saturated heterocycles. The number of Topliss-reactive ketones (excluding diaryl/α,β-unsaturated/α-hetero) is 1. The molecule has 0 saturated carbocycles. The van der Waals surface area contributed by atoms with E-state index in [1.54, 1.807) is 37.3 Å². The molecule has 4 rings (SSSR count). The smallest absolute Gasteiger partial charge is 0.295 e. The van der Waals surface area contributed by atoms with Crippen LogP contribution in [0.5, 0.6) is 17.2 Å². The lowest BCUT2D eigenvalue weighted by Gasteiger charge is -2.26. The number of aliphatic hydroxyl groups excluding tert-OH is 1. The van der Waals surface area contributed by atoms with Gasteiger partial charge in [0, 0.05) is 11.1 Å². The molecule has 35 heavy (non-hydrogen) atoms. The van der Waals surface area contributed by atoms with E-state index in [2.05, 4.69) is 0 Å². The van der Waals surface area contributed by atoms with Crippen molar-refractivity contribution in [2.75, 3.05) is 13.7 Å². The van der Waals surface area contributed by atoms with Crippen LogP contribution in [0.1, 0.15) is 29.7 Å². The number of aliphatic hydroxyl groups is 1. The van der Waals surface area contributed by atoms with E-state index in [9.17, 15) is 24.2 Å². The van der Waals surface area contributed by atoms with Crippen LogP contribution in [0.2, 0.25) is 0 Å². The standard InChI is InChI=1S/C27H24FNO6/c1-3-35-22-14-17(10-13-20(22)30)24-23(25(31)16-8-11-19(28)12-9-16)26(32)27(33)29(24)15-18-6-4-5-7-21(18)34-2/h4-14,24,30-31H,3,15H2,1-2H3/b25-23-. The van der Waals surface area contributed by atoms with Crippen LogP contribution >= 0.6 is 0 Å². The summed E-state index contributed by atoms with van der Waals surface area (Å²) in [5.41, 5.74) is 1.15. The van der Waals surface area contributed by atoms with Gasteiger partial charge in [-0.25, -0.2) is 4.39 Å². The number of methoxy groups -OCH3 is 1. The fourth-order valence-corrected chi connectivity index (χ4v) is 4.14. The number of benzene rings is 3. The third-order valence-corrected chi connectivity index (χ3v) is 5.79. The number of hydrogen-bond acceptors (Lipinski definition) is 6. The normalized spacial score (nSPS) is 17.0. The lowest BCUT2D eigenvalue weighted by atomic mass is 9.94. The Morgan fingerprint density at radius 3 is 2.43 bits per heavy atom. The first-order valence-electron chi connectivity index (χ1n) is 11.0. The van der Waals surface area contributed by atoms with Crippen LogP contribution in [0, 0.1) is 5.82 Å². The molecule has 1 fully saturated rings. The highest BCUT2D eigenvalue weighted by Crippen LogP contribution is 2.43. The van der Waals surface area contributed by atoms with E-state index in [1.807, 2.05) is 0 Å². The Kier molecular flexibility index (Phi) is 6.73. The van der Waals surface area contributed by atoms with Crippen molar-refractivity contribution in [3.05, 3.63) is 94.8 Å². The van der Waals surface area contributed by atoms with Gasteiger partial charge in [0.15, 0.2) is 11.5 Å². The van der Waals surface area contributed by atoms with Crippen LogP contribution in [0.3, 0.4) is 0 Å². The van der Waals surface area contributed by atoms with Gasteiger partial charge < -0.3 is 24.6 Å². The summed E-state index contributed by atoms with van der Waals surface area (Å²) < 4.78 is 24.4. The molecule has 180 valence electrons. The van der Waals surface area contributed by atoms with Gasteiger partial charge in [0.05, 0.1) is 31.9 Å². The first-order valence-corrected chi connectivity index (χ1v) is 11.0. The second-order valence-electron chi connectivity index (χ2n) is 7.91. The van der Waals surface area contributed by atoms with Crippen molar-refractivity contribution in [2.24, 2.45) is 0 Å². The van der Waals surface area contributed by atoms with Crippen molar-refractivity contribution in [1.82, 2.24) is 4.90 Å². The number of amides is 1. The first kappa shape index (κ1) is 23.8. The number of ketones is 1. The maximum Gasteiger partial charge on any atom is 0.295 e. The average Bonchev–Trinajstić information content (AvgIpc) is 3.11. The number of hydrogen-bond donors (Lipinski definition) is 2. The number of phenolic OH excluding ortho intramolecular Hbond substituents is 1. The average molecular weight is 477 g/mol. The summed E-state index contributed by atoms with van der Waals surface area (Å²) in [6.45, 7) is 2.06. The topological polar surface area (TPSA) is 96.3 Å². The number of carbonyl (C=O) groups excluding carboxylic acids is 2. The molecule has 0 radical (unpaired) electrons. The van der Waals surface area contributed by atoms with Gasteiger partial charge in [-0.05, 0) is 55.0 Å². The monoisotopic (exact) mass is 477 g/mol. The molecule has 8 heteroatoms. The zero-order chi connectivity index (χ0) is 25.1. The van der Waals surface area contributed by atoms with E-state index < -0.39 is 29.3 Å². The second-order valence-corrected chi connectivity index (χ2v) is 7.91. The largest absolute Gasteiger partial charge is 0.507 e. The number of ether oxygens (including phenoxy) is 2. The summed E-state index contributed by atoms with van der Waals surface area (Å²) in [4.78, 5) is 27.8. The fraction of sp³-hybridized carbons (Fsp3) is 0.185. The number of nitrogens with zero attached hydrogens (tertiary/aromatic N) is 1. The van der Waals surface area contributed by atoms with Gasteiger partial charge in [-0.1, -0.05) is 24.3 Å². The summed E-state index contributed by atoms with van der Waals surface area (Å²) in [6, 6.07) is 15.6. The van der Waals surface area contributed by atoms with Crippen LogP contribution in [-0.4, -0.2) is 40.5 Å². The van der Waals surface area contributed by atoms with Gasteiger partial charge in [-0.15, -0.1) is 0 Å². The van der Waals surface area contributed by atoms with Crippen molar-refractivity contribution >= 4 is 17.4 Å². The second kappa shape index (κ2) is 9.89. The van der Waals surface area contributed by atoms with Crippen LogP contribution < -0.4 is 9.47 Å². The quantitative estimate of drug-likeness (QED) is 0.294. The zero-order valence-corrected chi connectivity index (χ0v) is 19.2. The van der Waals surface area contributed by atoms with Crippen LogP contribution in [0.25, 0.3) is 5.76 Å². The Labute approximate surface area is 201 Å². The third-order valence-electron chi connectivity index (χ3n) is 5.79. The van der Waals surface area contributed by atoms with Gasteiger partial charge in [0.2, 0.25) is 0 Å². The molecule has 1 heterocycles. The fourth-order valence-electron chi connectivity index (χ4n) is 4.14. The molecule has 1 aliphatic rings. The Morgan fingerprint density at radius 1 is 1.03 bits per heavy atom. The highest BCUT2D eigenvalue weighted by atomic mass is 19.1. The molecular formula is C27H24FNO6. The lowest BCUT2D eigenvalue weighted by molar-refractivity contribution is -0.140. The van der Waals surface area contributed by atoms with Gasteiger partial charge >= 0.3 is 0 Å². The molecule has 1 aliphatic heterocycles. The van der Waals surface area contributed by atoms with E-state index in [4.69, 9.17) is 9.47 Å². The number of likely N-dealkylation sites (tertiary alicyclic amines) is 1. The first-order chi connectivity index (χ1) is 16.8. The molecule has 0 spiro atoms. The van der Waals surface area contributed by atoms with Crippen molar-refractivity contribution in [3.63, 3.8) is 0 Å². The summed E-state index contributed by atoms with van der Waals surface area (Å²) in [5.74, 6) is -2.01. The van der Waals surface area contributed by atoms with E-state index in [1.165, 1.54) is 36.3 Å². The Morgan fingerprint density at radius 2 is 1.74 bits per heavy atom. The number of aromatic hydroxyl groups is 1. The van der Waals surface area contributed by atoms with Crippen LogP contribution in [0.15, 0.2) is 72.3 Å². The number of phenols is 1. The predicted molar refractivity (Wildman–Crippen MR) is 127 cm³/mol. The van der Waals surface area contributed by atoms with Gasteiger partial charge in [-0.2, -0.15) is 0 Å². The zero-order valence-electron chi connectivity index (χ0n) is 19.2. The highest BCUT2D eigenvalue weighted by molar-refractivity contribution is 6.46. The molecule has 0 aromatic heterocycles. The SMILES string of the molecule is CCOc1cc(C2/C(=C(/O)c3ccc(F)cc3)C(=O)C(=O)N2Cc2ccccc2OC)ccc1O. The van der Waals surface area contributed by atoms with Crippen LogP contribution in [0.4, 0.5) is 4.39 Å². The molecule has 0 bridgehead atoms. The third kappa shape index (κ3) is 4.55. The van der Waals surface area contributed by atoms with Gasteiger partial charge in [0.25, 0.3) is 11.7 Å². The molecular weight excluding hydrogens is 453 g/mol. The molecule has 1 amide bonds. The number of para-hydroxylation sites is 1. The molecule has 1 atom stereocenters. The minimum Gasteiger partial charge on any atom is -0.507 e. The minimum atomic E-state index is -0.996. The van der Waals surface area contributed by atoms with E-state index >= 15 is 0 Å². The molecule has 3 aromatic rings. The number of rotatable bonds is 7. The van der Waals surface area contributed by atoms with E-state index in [0.29, 0.717) is 16.9 Å². The number of halogens is 1. The van der Waals surface area contributed by atoms with Gasteiger partial charge in [-0.3, -0.25) is 9.59 Å². The maximum atomic E-state index is 13.5. The minimum absolute atomic E-state index is 0.0182. The maximum absolute atomic E-state index is 13.5. The Balaban J connectivity index is 1.89. The summed E-state index contributed by atoms with van der Waals surface area (Å²) in [5, 5.41) is 21.3. The van der Waals surface area contributed by atoms with E-state index in [-0.39, 0.29) is 35.8 Å². The van der Waals surface area contributed by atoms with Crippen molar-refractivity contribution < 1.29 is 33.7 Å². The summed E-state index contributed by atoms with van der Waals surface area (Å²) >= 11 is 0. The van der Waals surface area contributed by atoms with Gasteiger partial charge in [0.1, 0.15) is 17.3 Å². The molecule has 2 N–H and O–H groups in total.